The fourth-order valence-electron chi connectivity index (χ4n) is 2.42. The first kappa shape index (κ1) is 20.7. The minimum Gasteiger partial charge on any atom is -0.508 e. The highest BCUT2D eigenvalue weighted by Gasteiger charge is 2.26. The number of carboxylic acids is 1. The second-order valence-electron chi connectivity index (χ2n) is 6.17. The van der Waals surface area contributed by atoms with E-state index < -0.39 is 35.9 Å². The number of hydrogen-bond donors (Lipinski definition) is 6. The number of aliphatic carboxylic acids is 1. The van der Waals surface area contributed by atoms with E-state index in [0.717, 1.165) is 0 Å². The summed E-state index contributed by atoms with van der Waals surface area (Å²) in [6.45, 7) is 1.40. The van der Waals surface area contributed by atoms with Crippen LogP contribution in [-0.2, 0) is 14.4 Å². The summed E-state index contributed by atoms with van der Waals surface area (Å²) in [6.07, 6.45) is 0. The van der Waals surface area contributed by atoms with Gasteiger partial charge in [-0.05, 0) is 42.3 Å². The Kier molecular flexibility index (Phi) is 6.56. The van der Waals surface area contributed by atoms with Gasteiger partial charge in [-0.1, -0.05) is 24.3 Å². The van der Waals surface area contributed by atoms with Crippen molar-refractivity contribution in [3.63, 3.8) is 0 Å². The molecule has 0 aliphatic carbocycles. The van der Waals surface area contributed by atoms with Gasteiger partial charge in [-0.15, -0.1) is 0 Å². The molecular formula is C19H21N3O6. The predicted molar refractivity (Wildman–Crippen MR) is 99.3 cm³/mol. The zero-order valence-electron chi connectivity index (χ0n) is 15.0. The molecule has 9 nitrogen and oxygen atoms in total. The van der Waals surface area contributed by atoms with Crippen molar-refractivity contribution in [1.82, 2.24) is 10.6 Å². The summed E-state index contributed by atoms with van der Waals surface area (Å²) in [6, 6.07) is 7.62. The summed E-state index contributed by atoms with van der Waals surface area (Å²) in [4.78, 5) is 36.1. The zero-order chi connectivity index (χ0) is 20.8. The molecule has 7 N–H and O–H groups in total. The second kappa shape index (κ2) is 8.87. The summed E-state index contributed by atoms with van der Waals surface area (Å²) in [5, 5.41) is 32.7. The van der Waals surface area contributed by atoms with E-state index in [2.05, 4.69) is 10.6 Å². The topological polar surface area (TPSA) is 162 Å². The van der Waals surface area contributed by atoms with Gasteiger partial charge in [0.2, 0.25) is 11.8 Å². The number of carbonyl (C=O) groups excluding carboxylic acids is 2. The Bertz CT molecular complexity index is 851. The van der Waals surface area contributed by atoms with E-state index in [-0.39, 0.29) is 17.1 Å². The fourth-order valence-corrected chi connectivity index (χ4v) is 2.42. The van der Waals surface area contributed by atoms with Gasteiger partial charge in [0.05, 0.1) is 0 Å². The predicted octanol–water partition coefficient (Wildman–Crippen LogP) is 0.544. The van der Waals surface area contributed by atoms with E-state index in [1.807, 2.05) is 0 Å². The van der Waals surface area contributed by atoms with Gasteiger partial charge in [-0.3, -0.25) is 9.59 Å². The fraction of sp³-hybridized carbons (Fsp3) is 0.211. The number of rotatable bonds is 7. The van der Waals surface area contributed by atoms with E-state index in [1.54, 1.807) is 0 Å². The molecule has 2 amide bonds. The van der Waals surface area contributed by atoms with Crippen LogP contribution in [0.5, 0.6) is 11.5 Å². The molecule has 0 aliphatic rings. The van der Waals surface area contributed by atoms with Crippen LogP contribution in [0.15, 0.2) is 48.5 Å². The number of phenols is 2. The van der Waals surface area contributed by atoms with Crippen LogP contribution in [0.4, 0.5) is 0 Å². The van der Waals surface area contributed by atoms with Crippen LogP contribution in [0, 0.1) is 0 Å². The molecule has 0 saturated heterocycles. The number of carbonyl (C=O) groups is 3. The normalized spacial score (nSPS) is 13.8. The smallest absolute Gasteiger partial charge is 0.330 e. The molecule has 0 saturated carbocycles. The number of carboxylic acid groups (broad SMARTS) is 1. The lowest BCUT2D eigenvalue weighted by atomic mass is 10.1. The number of hydrogen-bond acceptors (Lipinski definition) is 6. The molecule has 9 heteroatoms. The molecule has 28 heavy (non-hydrogen) atoms. The maximum atomic E-state index is 12.3. The van der Waals surface area contributed by atoms with Gasteiger partial charge in [0, 0.05) is 0 Å². The van der Waals surface area contributed by atoms with Gasteiger partial charge in [-0.25, -0.2) is 4.79 Å². The third-order valence-corrected chi connectivity index (χ3v) is 4.05. The molecule has 0 aromatic heterocycles. The van der Waals surface area contributed by atoms with Crippen molar-refractivity contribution in [3.05, 3.63) is 59.7 Å². The molecule has 2 rings (SSSR count). The van der Waals surface area contributed by atoms with Crippen molar-refractivity contribution in [2.24, 2.45) is 5.73 Å². The minimum absolute atomic E-state index is 0.0260. The van der Waals surface area contributed by atoms with Crippen LogP contribution in [0.25, 0.3) is 0 Å². The summed E-state index contributed by atoms with van der Waals surface area (Å²) >= 11 is 0. The minimum atomic E-state index is -1.35. The van der Waals surface area contributed by atoms with Crippen LogP contribution in [0.2, 0.25) is 0 Å². The van der Waals surface area contributed by atoms with Gasteiger partial charge in [0.1, 0.15) is 23.6 Å². The van der Waals surface area contributed by atoms with Crippen molar-refractivity contribution in [2.45, 2.75) is 25.0 Å². The Balaban J connectivity index is 2.02. The third-order valence-electron chi connectivity index (χ3n) is 4.05. The Labute approximate surface area is 160 Å². The van der Waals surface area contributed by atoms with Crippen molar-refractivity contribution in [1.29, 1.82) is 0 Å². The molecule has 2 aromatic rings. The quantitative estimate of drug-likeness (QED) is 0.404. The Hall–Kier alpha value is -3.59. The van der Waals surface area contributed by atoms with Gasteiger partial charge >= 0.3 is 5.97 Å². The molecule has 0 heterocycles. The molecule has 0 unspecified atom stereocenters. The van der Waals surface area contributed by atoms with Crippen LogP contribution in [0.1, 0.15) is 30.1 Å². The molecule has 0 fully saturated rings. The highest BCUT2D eigenvalue weighted by molar-refractivity contribution is 5.92. The lowest BCUT2D eigenvalue weighted by Gasteiger charge is -2.20. The van der Waals surface area contributed by atoms with E-state index >= 15 is 0 Å². The number of aromatic hydroxyl groups is 2. The van der Waals surface area contributed by atoms with Crippen molar-refractivity contribution < 1.29 is 29.7 Å². The lowest BCUT2D eigenvalue weighted by Crippen LogP contribution is -2.49. The number of amides is 2. The summed E-state index contributed by atoms with van der Waals surface area (Å²) in [5.74, 6) is -2.66. The monoisotopic (exact) mass is 387 g/mol. The number of phenolic OH excluding ortho intramolecular Hbond substituents is 2. The SMILES string of the molecule is C[C@H](NC(=O)[C@H](N)c1ccc(O)cc1)C(=O)N[C@@H](C(=O)O)c1ccc(O)cc1. The Morgan fingerprint density at radius 3 is 1.75 bits per heavy atom. The molecule has 0 spiro atoms. The van der Waals surface area contributed by atoms with E-state index in [4.69, 9.17) is 5.73 Å². The second-order valence-corrected chi connectivity index (χ2v) is 6.17. The number of nitrogens with one attached hydrogen (secondary N) is 2. The van der Waals surface area contributed by atoms with Crippen molar-refractivity contribution in [3.8, 4) is 11.5 Å². The van der Waals surface area contributed by atoms with Crippen molar-refractivity contribution in [2.75, 3.05) is 0 Å². The van der Waals surface area contributed by atoms with Crippen LogP contribution < -0.4 is 16.4 Å². The van der Waals surface area contributed by atoms with Crippen LogP contribution in [-0.4, -0.2) is 39.1 Å². The Morgan fingerprint density at radius 1 is 0.821 bits per heavy atom. The average molecular weight is 387 g/mol. The van der Waals surface area contributed by atoms with Crippen molar-refractivity contribution >= 4 is 17.8 Å². The maximum Gasteiger partial charge on any atom is 0.330 e. The highest BCUT2D eigenvalue weighted by atomic mass is 16.4. The first-order valence-corrected chi connectivity index (χ1v) is 8.36. The first-order chi connectivity index (χ1) is 13.2. The number of benzene rings is 2. The van der Waals surface area contributed by atoms with E-state index in [0.29, 0.717) is 5.56 Å². The van der Waals surface area contributed by atoms with Gasteiger partial charge in [0.25, 0.3) is 0 Å². The molecule has 0 aliphatic heterocycles. The van der Waals surface area contributed by atoms with E-state index in [9.17, 15) is 29.7 Å². The molecule has 148 valence electrons. The largest absolute Gasteiger partial charge is 0.508 e. The standard InChI is InChI=1S/C19H21N3O6/c1-10(21-18(26)15(20)11-2-6-13(23)7-3-11)17(25)22-16(19(27)28)12-4-8-14(24)9-5-12/h2-10,15-16,23-24H,20H2,1H3,(H,21,26)(H,22,25)(H,27,28)/t10-,15+,16+/m0/s1. The van der Waals surface area contributed by atoms with Crippen LogP contribution >= 0.6 is 0 Å². The van der Waals surface area contributed by atoms with Gasteiger partial charge in [0.15, 0.2) is 6.04 Å². The van der Waals surface area contributed by atoms with E-state index in [1.165, 1.54) is 55.5 Å². The molecular weight excluding hydrogens is 366 g/mol. The zero-order valence-corrected chi connectivity index (χ0v) is 15.0. The first-order valence-electron chi connectivity index (χ1n) is 8.36. The van der Waals surface area contributed by atoms with Gasteiger partial charge in [-0.2, -0.15) is 0 Å². The third kappa shape index (κ3) is 5.21. The molecule has 3 atom stereocenters. The number of nitrogens with two attached hydrogens (primary N) is 1. The van der Waals surface area contributed by atoms with Crippen LogP contribution in [0.3, 0.4) is 0 Å². The Morgan fingerprint density at radius 2 is 1.29 bits per heavy atom. The van der Waals surface area contributed by atoms with Gasteiger partial charge < -0.3 is 31.7 Å². The lowest BCUT2D eigenvalue weighted by molar-refractivity contribution is -0.142. The maximum absolute atomic E-state index is 12.3. The molecule has 0 radical (unpaired) electrons. The highest BCUT2D eigenvalue weighted by Crippen LogP contribution is 2.18. The molecule has 0 bridgehead atoms. The summed E-state index contributed by atoms with van der Waals surface area (Å²) in [5.41, 5.74) is 6.55. The summed E-state index contributed by atoms with van der Waals surface area (Å²) < 4.78 is 0. The molecule has 2 aromatic carbocycles. The summed E-state index contributed by atoms with van der Waals surface area (Å²) in [7, 11) is 0. The average Bonchev–Trinajstić information content (AvgIpc) is 2.66.